The first kappa shape index (κ1) is 14.2. The lowest BCUT2D eigenvalue weighted by atomic mass is 10.1. The molecule has 3 rings (SSSR count). The number of hydrogen-bond acceptors (Lipinski definition) is 4. The SMILES string of the molecule is Cc1ccn2ncc(C(=O)N[C@@H](CO)c3ccccc3)c2n1. The van der Waals surface area contributed by atoms with Crippen LogP contribution in [0.1, 0.15) is 27.7 Å². The van der Waals surface area contributed by atoms with Gasteiger partial charge in [-0.3, -0.25) is 4.79 Å². The molecular weight excluding hydrogens is 280 g/mol. The van der Waals surface area contributed by atoms with E-state index in [2.05, 4.69) is 15.4 Å². The fourth-order valence-corrected chi connectivity index (χ4v) is 2.27. The van der Waals surface area contributed by atoms with Crippen LogP contribution in [0.15, 0.2) is 48.8 Å². The quantitative estimate of drug-likeness (QED) is 0.764. The predicted molar refractivity (Wildman–Crippen MR) is 81.5 cm³/mol. The number of aliphatic hydroxyl groups is 1. The standard InChI is InChI=1S/C16H16N4O2/c1-11-7-8-20-15(18-11)13(9-17-20)16(22)19-14(10-21)12-5-3-2-4-6-12/h2-9,14,21H,10H2,1H3,(H,19,22)/t14-/m0/s1. The Morgan fingerprint density at radius 3 is 2.82 bits per heavy atom. The van der Waals surface area contributed by atoms with E-state index < -0.39 is 6.04 Å². The molecule has 112 valence electrons. The molecule has 1 atom stereocenters. The lowest BCUT2D eigenvalue weighted by molar-refractivity contribution is 0.0917. The van der Waals surface area contributed by atoms with E-state index in [1.54, 1.807) is 10.7 Å². The minimum Gasteiger partial charge on any atom is -0.394 e. The molecule has 22 heavy (non-hydrogen) atoms. The molecule has 6 heteroatoms. The Morgan fingerprint density at radius 1 is 1.32 bits per heavy atom. The topological polar surface area (TPSA) is 79.5 Å². The first-order chi connectivity index (χ1) is 10.7. The Morgan fingerprint density at radius 2 is 2.09 bits per heavy atom. The average molecular weight is 296 g/mol. The first-order valence-electron chi connectivity index (χ1n) is 6.96. The van der Waals surface area contributed by atoms with Gasteiger partial charge in [0.2, 0.25) is 0 Å². The van der Waals surface area contributed by atoms with Crippen LogP contribution in [0.4, 0.5) is 0 Å². The number of hydrogen-bond donors (Lipinski definition) is 2. The van der Waals surface area contributed by atoms with Gasteiger partial charge < -0.3 is 10.4 Å². The summed E-state index contributed by atoms with van der Waals surface area (Å²) in [4.78, 5) is 16.8. The number of aryl methyl sites for hydroxylation is 1. The molecule has 3 aromatic rings. The van der Waals surface area contributed by atoms with Crippen molar-refractivity contribution in [3.05, 3.63) is 65.6 Å². The van der Waals surface area contributed by atoms with E-state index in [1.807, 2.05) is 43.3 Å². The molecule has 6 nitrogen and oxygen atoms in total. The number of fused-ring (bicyclic) bond motifs is 1. The van der Waals surface area contributed by atoms with Gasteiger partial charge in [0.15, 0.2) is 5.65 Å². The molecule has 0 aliphatic carbocycles. The summed E-state index contributed by atoms with van der Waals surface area (Å²) in [5.41, 5.74) is 2.54. The van der Waals surface area contributed by atoms with E-state index in [9.17, 15) is 9.90 Å². The van der Waals surface area contributed by atoms with Gasteiger partial charge in [0.05, 0.1) is 18.8 Å². The second-order valence-corrected chi connectivity index (χ2v) is 5.01. The number of benzene rings is 1. The molecule has 0 saturated heterocycles. The van der Waals surface area contributed by atoms with Crippen LogP contribution in [0.3, 0.4) is 0 Å². The minimum absolute atomic E-state index is 0.179. The molecule has 0 bridgehead atoms. The molecule has 0 saturated carbocycles. The fourth-order valence-electron chi connectivity index (χ4n) is 2.27. The molecule has 2 N–H and O–H groups in total. The molecule has 1 aromatic carbocycles. The number of aliphatic hydroxyl groups excluding tert-OH is 1. The normalized spacial score (nSPS) is 12.3. The van der Waals surface area contributed by atoms with E-state index in [1.165, 1.54) is 6.20 Å². The first-order valence-corrected chi connectivity index (χ1v) is 6.96. The summed E-state index contributed by atoms with van der Waals surface area (Å²) in [5.74, 6) is -0.309. The number of nitrogens with zero attached hydrogens (tertiary/aromatic N) is 3. The van der Waals surface area contributed by atoms with Crippen molar-refractivity contribution >= 4 is 11.6 Å². The van der Waals surface area contributed by atoms with Crippen molar-refractivity contribution in [3.63, 3.8) is 0 Å². The van der Waals surface area contributed by atoms with Gasteiger partial charge in [-0.05, 0) is 18.6 Å². The third-order valence-electron chi connectivity index (χ3n) is 3.44. The van der Waals surface area contributed by atoms with Gasteiger partial charge in [0.25, 0.3) is 5.91 Å². The van der Waals surface area contributed by atoms with Crippen molar-refractivity contribution in [2.45, 2.75) is 13.0 Å². The maximum absolute atomic E-state index is 12.5. The molecule has 0 spiro atoms. The fraction of sp³-hybridized carbons (Fsp3) is 0.188. The van der Waals surface area contributed by atoms with Gasteiger partial charge >= 0.3 is 0 Å². The number of carbonyl (C=O) groups excluding carboxylic acids is 1. The maximum Gasteiger partial charge on any atom is 0.257 e. The van der Waals surface area contributed by atoms with E-state index >= 15 is 0 Å². The highest BCUT2D eigenvalue weighted by Crippen LogP contribution is 2.14. The van der Waals surface area contributed by atoms with Crippen LogP contribution >= 0.6 is 0 Å². The van der Waals surface area contributed by atoms with Gasteiger partial charge in [-0.15, -0.1) is 0 Å². The van der Waals surface area contributed by atoms with Gasteiger partial charge in [-0.25, -0.2) is 9.50 Å². The molecule has 0 unspecified atom stereocenters. The Bertz CT molecular complexity index is 798. The molecule has 0 aliphatic rings. The summed E-state index contributed by atoms with van der Waals surface area (Å²) in [6.07, 6.45) is 3.24. The molecule has 0 aliphatic heterocycles. The third kappa shape index (κ3) is 2.68. The lowest BCUT2D eigenvalue weighted by Crippen LogP contribution is -2.30. The van der Waals surface area contributed by atoms with Crippen molar-refractivity contribution in [2.24, 2.45) is 0 Å². The number of amides is 1. The van der Waals surface area contributed by atoms with Crippen LogP contribution in [0.5, 0.6) is 0 Å². The Balaban J connectivity index is 1.88. The number of nitrogens with one attached hydrogen (secondary N) is 1. The Kier molecular flexibility index (Phi) is 3.84. The van der Waals surface area contributed by atoms with Gasteiger partial charge in [0.1, 0.15) is 5.56 Å². The van der Waals surface area contributed by atoms with Crippen molar-refractivity contribution < 1.29 is 9.90 Å². The van der Waals surface area contributed by atoms with Gasteiger partial charge in [-0.1, -0.05) is 30.3 Å². The molecule has 2 heterocycles. The molecule has 2 aromatic heterocycles. The highest BCUT2D eigenvalue weighted by Gasteiger charge is 2.18. The van der Waals surface area contributed by atoms with Crippen molar-refractivity contribution in [3.8, 4) is 0 Å². The van der Waals surface area contributed by atoms with Gasteiger partial charge in [0, 0.05) is 11.9 Å². The monoisotopic (exact) mass is 296 g/mol. The zero-order valence-corrected chi connectivity index (χ0v) is 12.1. The Hall–Kier alpha value is -2.73. The summed E-state index contributed by atoms with van der Waals surface area (Å²) in [6, 6.07) is 10.7. The summed E-state index contributed by atoms with van der Waals surface area (Å²) in [5, 5.41) is 16.5. The molecule has 0 fully saturated rings. The van der Waals surface area contributed by atoms with Crippen molar-refractivity contribution in [1.29, 1.82) is 0 Å². The summed E-state index contributed by atoms with van der Waals surface area (Å²) >= 11 is 0. The zero-order chi connectivity index (χ0) is 15.5. The van der Waals surface area contributed by atoms with Crippen LogP contribution in [0.25, 0.3) is 5.65 Å². The van der Waals surface area contributed by atoms with E-state index in [4.69, 9.17) is 0 Å². The van der Waals surface area contributed by atoms with E-state index in [0.717, 1.165) is 11.3 Å². The minimum atomic E-state index is -0.464. The molecular formula is C16H16N4O2. The number of carbonyl (C=O) groups is 1. The second kappa shape index (κ2) is 5.95. The largest absolute Gasteiger partial charge is 0.394 e. The summed E-state index contributed by atoms with van der Waals surface area (Å²) in [6.45, 7) is 1.68. The van der Waals surface area contributed by atoms with E-state index in [0.29, 0.717) is 11.2 Å². The summed E-state index contributed by atoms with van der Waals surface area (Å²) in [7, 11) is 0. The van der Waals surface area contributed by atoms with Crippen LogP contribution in [-0.2, 0) is 0 Å². The Labute approximate surface area is 127 Å². The van der Waals surface area contributed by atoms with Crippen LogP contribution in [-0.4, -0.2) is 32.2 Å². The highest BCUT2D eigenvalue weighted by molar-refractivity contribution is 5.99. The third-order valence-corrected chi connectivity index (χ3v) is 3.44. The highest BCUT2D eigenvalue weighted by atomic mass is 16.3. The number of rotatable bonds is 4. The van der Waals surface area contributed by atoms with Crippen molar-refractivity contribution in [1.82, 2.24) is 19.9 Å². The molecule has 0 radical (unpaired) electrons. The van der Waals surface area contributed by atoms with Gasteiger partial charge in [-0.2, -0.15) is 5.10 Å². The van der Waals surface area contributed by atoms with Crippen LogP contribution in [0.2, 0.25) is 0 Å². The lowest BCUT2D eigenvalue weighted by Gasteiger charge is -2.16. The van der Waals surface area contributed by atoms with Crippen LogP contribution < -0.4 is 5.32 Å². The number of aromatic nitrogens is 3. The smallest absolute Gasteiger partial charge is 0.257 e. The maximum atomic E-state index is 12.5. The van der Waals surface area contributed by atoms with Crippen LogP contribution in [0, 0.1) is 6.92 Å². The van der Waals surface area contributed by atoms with E-state index in [-0.39, 0.29) is 12.5 Å². The zero-order valence-electron chi connectivity index (χ0n) is 12.1. The average Bonchev–Trinajstić information content (AvgIpc) is 2.96. The summed E-state index contributed by atoms with van der Waals surface area (Å²) < 4.78 is 1.55. The second-order valence-electron chi connectivity index (χ2n) is 5.01. The predicted octanol–water partition coefficient (Wildman–Crippen LogP) is 1.50. The molecule has 1 amide bonds. The van der Waals surface area contributed by atoms with Crippen molar-refractivity contribution in [2.75, 3.05) is 6.61 Å².